The molecule has 1 heterocycles. The molecule has 6 nitrogen and oxygen atoms in total. The summed E-state index contributed by atoms with van der Waals surface area (Å²) in [5, 5.41) is 10.8. The predicted octanol–water partition coefficient (Wildman–Crippen LogP) is 2.72. The number of carbonyl (C=O) groups is 1. The Labute approximate surface area is 124 Å². The monoisotopic (exact) mass is 291 g/mol. The van der Waals surface area contributed by atoms with Crippen LogP contribution in [0, 0.1) is 16.0 Å². The number of nitrogens with two attached hydrogens (primary N) is 1. The van der Waals surface area contributed by atoms with Gasteiger partial charge in [-0.2, -0.15) is 0 Å². The molecule has 0 aliphatic carbocycles. The molecule has 1 aliphatic heterocycles. The number of hydrogen-bond acceptors (Lipinski definition) is 4. The second-order valence-electron chi connectivity index (χ2n) is 5.56. The van der Waals surface area contributed by atoms with Crippen LogP contribution in [0.3, 0.4) is 0 Å². The second kappa shape index (κ2) is 6.56. The fourth-order valence-corrected chi connectivity index (χ4v) is 2.72. The molecule has 6 heteroatoms. The van der Waals surface area contributed by atoms with Gasteiger partial charge in [0, 0.05) is 42.9 Å². The Bertz CT molecular complexity index is 545. The van der Waals surface area contributed by atoms with Crippen LogP contribution in [0.5, 0.6) is 0 Å². The summed E-state index contributed by atoms with van der Waals surface area (Å²) in [6.07, 6.45) is 3.54. The van der Waals surface area contributed by atoms with E-state index in [1.54, 1.807) is 4.90 Å². The Morgan fingerprint density at radius 1 is 1.43 bits per heavy atom. The van der Waals surface area contributed by atoms with Gasteiger partial charge < -0.3 is 10.6 Å². The topological polar surface area (TPSA) is 89.5 Å². The van der Waals surface area contributed by atoms with Crippen molar-refractivity contribution < 1.29 is 9.72 Å². The third-order valence-electron chi connectivity index (χ3n) is 4.20. The zero-order valence-electron chi connectivity index (χ0n) is 12.2. The number of benzene rings is 1. The van der Waals surface area contributed by atoms with Gasteiger partial charge in [0.25, 0.3) is 5.69 Å². The summed E-state index contributed by atoms with van der Waals surface area (Å²) in [5.74, 6) is 0.693. The largest absolute Gasteiger partial charge is 0.398 e. The number of anilines is 1. The van der Waals surface area contributed by atoms with Crippen LogP contribution >= 0.6 is 0 Å². The van der Waals surface area contributed by atoms with E-state index >= 15 is 0 Å². The first-order valence-corrected chi connectivity index (χ1v) is 7.31. The lowest BCUT2D eigenvalue weighted by atomic mass is 9.98. The van der Waals surface area contributed by atoms with E-state index in [1.165, 1.54) is 18.2 Å². The highest BCUT2D eigenvalue weighted by atomic mass is 16.6. The van der Waals surface area contributed by atoms with Crippen molar-refractivity contribution in [2.45, 2.75) is 39.2 Å². The summed E-state index contributed by atoms with van der Waals surface area (Å²) >= 11 is 0. The number of non-ortho nitro benzene ring substituents is 1. The highest BCUT2D eigenvalue weighted by Gasteiger charge is 2.22. The average molecular weight is 291 g/mol. The van der Waals surface area contributed by atoms with Crippen LogP contribution in [-0.2, 0) is 11.3 Å². The summed E-state index contributed by atoms with van der Waals surface area (Å²) in [6, 6.07) is 4.38. The molecule has 1 aromatic rings. The molecular formula is C15H21N3O3. The molecule has 2 rings (SSSR count). The highest BCUT2D eigenvalue weighted by molar-refractivity contribution is 5.76. The van der Waals surface area contributed by atoms with E-state index in [4.69, 9.17) is 5.73 Å². The number of hydrogen-bond donors (Lipinski definition) is 1. The molecule has 0 aromatic heterocycles. The summed E-state index contributed by atoms with van der Waals surface area (Å²) < 4.78 is 0. The number of rotatable bonds is 4. The Hall–Kier alpha value is -2.11. The SMILES string of the molecule is CCC1CCC(=O)N(Cc2cc([N+](=O)[O-])ccc2N)CC1. The smallest absolute Gasteiger partial charge is 0.269 e. The molecule has 0 spiro atoms. The van der Waals surface area contributed by atoms with Gasteiger partial charge in [0.1, 0.15) is 0 Å². The van der Waals surface area contributed by atoms with Gasteiger partial charge in [0.15, 0.2) is 0 Å². The Balaban J connectivity index is 2.15. The number of amides is 1. The van der Waals surface area contributed by atoms with Crippen molar-refractivity contribution in [2.75, 3.05) is 12.3 Å². The Morgan fingerprint density at radius 3 is 2.86 bits per heavy atom. The fraction of sp³-hybridized carbons (Fsp3) is 0.533. The summed E-state index contributed by atoms with van der Waals surface area (Å²) in [5.41, 5.74) is 7.03. The first-order valence-electron chi connectivity index (χ1n) is 7.31. The van der Waals surface area contributed by atoms with E-state index < -0.39 is 4.92 Å². The zero-order chi connectivity index (χ0) is 15.4. The van der Waals surface area contributed by atoms with E-state index in [2.05, 4.69) is 6.92 Å². The highest BCUT2D eigenvalue weighted by Crippen LogP contribution is 2.25. The van der Waals surface area contributed by atoms with Crippen LogP contribution in [0.1, 0.15) is 38.2 Å². The lowest BCUT2D eigenvalue weighted by molar-refractivity contribution is -0.384. The minimum atomic E-state index is -0.444. The molecule has 0 saturated carbocycles. The molecule has 1 saturated heterocycles. The van der Waals surface area contributed by atoms with E-state index in [-0.39, 0.29) is 11.6 Å². The van der Waals surface area contributed by atoms with Crippen molar-refractivity contribution in [1.29, 1.82) is 0 Å². The van der Waals surface area contributed by atoms with Crippen molar-refractivity contribution in [3.8, 4) is 0 Å². The first kappa shape index (κ1) is 15.3. The van der Waals surface area contributed by atoms with Gasteiger partial charge in [0.2, 0.25) is 5.91 Å². The Morgan fingerprint density at radius 2 is 2.19 bits per heavy atom. The van der Waals surface area contributed by atoms with Crippen LogP contribution in [0.15, 0.2) is 18.2 Å². The van der Waals surface area contributed by atoms with Gasteiger partial charge in [-0.1, -0.05) is 13.3 Å². The lowest BCUT2D eigenvalue weighted by Gasteiger charge is -2.21. The van der Waals surface area contributed by atoms with Crippen molar-refractivity contribution in [1.82, 2.24) is 4.90 Å². The van der Waals surface area contributed by atoms with Crippen LogP contribution in [0.25, 0.3) is 0 Å². The zero-order valence-corrected chi connectivity index (χ0v) is 12.2. The van der Waals surface area contributed by atoms with E-state index in [0.717, 1.165) is 19.3 Å². The normalized spacial score (nSPS) is 19.4. The van der Waals surface area contributed by atoms with Gasteiger partial charge in [-0.05, 0) is 24.8 Å². The lowest BCUT2D eigenvalue weighted by Crippen LogP contribution is -2.30. The van der Waals surface area contributed by atoms with Gasteiger partial charge in [-0.15, -0.1) is 0 Å². The fourth-order valence-electron chi connectivity index (χ4n) is 2.72. The molecule has 1 fully saturated rings. The van der Waals surface area contributed by atoms with Crippen LogP contribution < -0.4 is 5.73 Å². The second-order valence-corrected chi connectivity index (χ2v) is 5.56. The maximum atomic E-state index is 12.2. The number of nitrogen functional groups attached to an aromatic ring is 1. The number of carbonyl (C=O) groups excluding carboxylic acids is 1. The molecular weight excluding hydrogens is 270 g/mol. The van der Waals surface area contributed by atoms with E-state index in [0.29, 0.717) is 36.7 Å². The number of likely N-dealkylation sites (tertiary alicyclic amines) is 1. The third-order valence-corrected chi connectivity index (χ3v) is 4.20. The molecule has 1 aromatic carbocycles. The van der Waals surface area contributed by atoms with Gasteiger partial charge >= 0.3 is 0 Å². The number of nitrogens with zero attached hydrogens (tertiary/aromatic N) is 2. The molecule has 1 unspecified atom stereocenters. The molecule has 21 heavy (non-hydrogen) atoms. The van der Waals surface area contributed by atoms with Crippen molar-refractivity contribution in [2.24, 2.45) is 5.92 Å². The van der Waals surface area contributed by atoms with E-state index in [9.17, 15) is 14.9 Å². The van der Waals surface area contributed by atoms with Gasteiger partial charge in [-0.3, -0.25) is 14.9 Å². The minimum Gasteiger partial charge on any atom is -0.398 e. The van der Waals surface area contributed by atoms with Gasteiger partial charge in [0.05, 0.1) is 4.92 Å². The minimum absolute atomic E-state index is 0.00732. The molecule has 114 valence electrons. The van der Waals surface area contributed by atoms with Gasteiger partial charge in [-0.25, -0.2) is 0 Å². The first-order chi connectivity index (χ1) is 10.0. The summed E-state index contributed by atoms with van der Waals surface area (Å²) in [4.78, 5) is 24.3. The molecule has 1 atom stereocenters. The summed E-state index contributed by atoms with van der Waals surface area (Å²) in [6.45, 7) is 3.19. The number of nitro groups is 1. The maximum absolute atomic E-state index is 12.2. The van der Waals surface area contributed by atoms with Crippen molar-refractivity contribution in [3.05, 3.63) is 33.9 Å². The summed E-state index contributed by atoms with van der Waals surface area (Å²) in [7, 11) is 0. The standard InChI is InChI=1S/C15H21N3O3/c1-2-11-3-6-15(19)17(8-7-11)10-12-9-13(18(20)21)4-5-14(12)16/h4-5,9,11H,2-3,6-8,10,16H2,1H3. The van der Waals surface area contributed by atoms with E-state index in [1.807, 2.05) is 0 Å². The Kier molecular flexibility index (Phi) is 4.77. The third kappa shape index (κ3) is 3.71. The maximum Gasteiger partial charge on any atom is 0.269 e. The van der Waals surface area contributed by atoms with Crippen LogP contribution in [0.2, 0.25) is 0 Å². The number of nitro benzene ring substituents is 1. The van der Waals surface area contributed by atoms with Crippen molar-refractivity contribution in [3.63, 3.8) is 0 Å². The molecule has 1 aliphatic rings. The quantitative estimate of drug-likeness (QED) is 0.524. The van der Waals surface area contributed by atoms with Crippen LogP contribution in [-0.4, -0.2) is 22.3 Å². The molecule has 1 amide bonds. The molecule has 0 radical (unpaired) electrons. The average Bonchev–Trinajstić information content (AvgIpc) is 2.63. The predicted molar refractivity (Wildman–Crippen MR) is 80.6 cm³/mol. The van der Waals surface area contributed by atoms with Crippen LogP contribution in [0.4, 0.5) is 11.4 Å². The molecule has 2 N–H and O–H groups in total. The molecule has 0 bridgehead atoms. The van der Waals surface area contributed by atoms with Crippen molar-refractivity contribution >= 4 is 17.3 Å².